The van der Waals surface area contributed by atoms with Gasteiger partial charge in [0.25, 0.3) is 0 Å². The molecule has 0 aliphatic heterocycles. The second kappa shape index (κ2) is 11.2. The number of nitrogens with one attached hydrogen (secondary N) is 1. The third-order valence-corrected chi connectivity index (χ3v) is 4.13. The summed E-state index contributed by atoms with van der Waals surface area (Å²) >= 11 is 0. The molecule has 0 spiro atoms. The van der Waals surface area contributed by atoms with Crippen LogP contribution in [0.5, 0.6) is 0 Å². The summed E-state index contributed by atoms with van der Waals surface area (Å²) in [6.45, 7) is 5.47. The van der Waals surface area contributed by atoms with Gasteiger partial charge in [0.1, 0.15) is 5.76 Å². The first-order valence-corrected chi connectivity index (χ1v) is 9.17. The quantitative estimate of drug-likeness (QED) is 0.275. The molecule has 0 atom stereocenters. The molecule has 1 rings (SSSR count). The number of likely N-dealkylation sites (N-methyl/N-ethyl adjacent to an activating group) is 1. The van der Waals surface area contributed by atoms with Gasteiger partial charge in [0.15, 0.2) is 6.19 Å². The van der Waals surface area contributed by atoms with Crippen molar-refractivity contribution in [2.75, 3.05) is 34.3 Å². The molecule has 0 amide bonds. The first-order chi connectivity index (χ1) is 12.4. The van der Waals surface area contributed by atoms with Gasteiger partial charge in [-0.05, 0) is 43.9 Å². The van der Waals surface area contributed by atoms with E-state index >= 15 is 0 Å². The van der Waals surface area contributed by atoms with Gasteiger partial charge in [-0.2, -0.15) is 5.26 Å². The van der Waals surface area contributed by atoms with E-state index in [4.69, 9.17) is 15.4 Å². The highest BCUT2D eigenvalue weighted by molar-refractivity contribution is 5.79. The van der Waals surface area contributed by atoms with Crippen LogP contribution in [0.2, 0.25) is 0 Å². The van der Waals surface area contributed by atoms with E-state index in [0.29, 0.717) is 13.2 Å². The highest BCUT2D eigenvalue weighted by Gasteiger charge is 2.17. The predicted molar refractivity (Wildman–Crippen MR) is 108 cm³/mol. The van der Waals surface area contributed by atoms with Crippen LogP contribution >= 0.6 is 0 Å². The zero-order chi connectivity index (χ0) is 19.5. The van der Waals surface area contributed by atoms with Crippen molar-refractivity contribution in [1.29, 1.82) is 10.7 Å². The minimum Gasteiger partial charge on any atom is -0.493 e. The molecule has 0 saturated heterocycles. The summed E-state index contributed by atoms with van der Waals surface area (Å²) in [5.74, 6) is 0.834. The molecule has 26 heavy (non-hydrogen) atoms. The maximum atomic E-state index is 8.84. The first-order valence-electron chi connectivity index (χ1n) is 9.17. The lowest BCUT2D eigenvalue weighted by atomic mass is 10.00. The lowest BCUT2D eigenvalue weighted by molar-refractivity contribution is 0.208. The summed E-state index contributed by atoms with van der Waals surface area (Å²) in [5.41, 5.74) is 4.34. The summed E-state index contributed by atoms with van der Waals surface area (Å²) in [6, 6.07) is 0. The Kier molecular flexibility index (Phi) is 9.29. The maximum Gasteiger partial charge on any atom is 0.179 e. The third-order valence-electron chi connectivity index (χ3n) is 4.13. The Bertz CT molecular complexity index is 647. The second-order valence-electron chi connectivity index (χ2n) is 6.76. The summed E-state index contributed by atoms with van der Waals surface area (Å²) < 4.78 is 6.10. The van der Waals surface area contributed by atoms with Crippen LogP contribution in [0.1, 0.15) is 39.5 Å². The number of allylic oxidation sites excluding steroid dienone is 5. The number of hydrogen-bond acceptors (Lipinski definition) is 5. The maximum absolute atomic E-state index is 8.84. The highest BCUT2D eigenvalue weighted by atomic mass is 16.5. The molecule has 0 bridgehead atoms. The monoisotopic (exact) mass is 356 g/mol. The minimum absolute atomic E-state index is 0.552. The molecule has 0 heterocycles. The van der Waals surface area contributed by atoms with E-state index in [-0.39, 0.29) is 0 Å². The van der Waals surface area contributed by atoms with E-state index in [9.17, 15) is 0 Å². The van der Waals surface area contributed by atoms with E-state index < -0.39 is 0 Å². The molecule has 0 aromatic carbocycles. The van der Waals surface area contributed by atoms with Gasteiger partial charge in [0.2, 0.25) is 0 Å². The molecule has 1 aliphatic carbocycles. The highest BCUT2D eigenvalue weighted by Crippen LogP contribution is 2.29. The van der Waals surface area contributed by atoms with E-state index in [1.54, 1.807) is 11.9 Å². The topological polar surface area (TPSA) is 63.4 Å². The summed E-state index contributed by atoms with van der Waals surface area (Å²) in [7, 11) is 5.80. The van der Waals surface area contributed by atoms with E-state index in [2.05, 4.69) is 37.1 Å². The fourth-order valence-electron chi connectivity index (χ4n) is 2.89. The summed E-state index contributed by atoms with van der Waals surface area (Å²) in [5, 5.41) is 16.7. The number of hydrogen-bond donors (Lipinski definition) is 1. The standard InChI is InChI=1S/C21H32N4O/c1-6-9-18(15-22)21(24(3)4)19-14-17(2)10-7-11-20(19)26-13-8-12-25(5)16-23/h7,11,14-15,22H,6,8-10,12-13H2,1-5H3/b21-18-,22-15?. The first kappa shape index (κ1) is 21.6. The van der Waals surface area contributed by atoms with E-state index in [0.717, 1.165) is 48.3 Å². The van der Waals surface area contributed by atoms with Crippen LogP contribution in [0.15, 0.2) is 46.4 Å². The SMILES string of the molecule is CCC/C(C=N)=C(\C1=C(OCCCN(C)C#N)C=CCC(C)=C1)N(C)C. The van der Waals surface area contributed by atoms with Crippen molar-refractivity contribution in [3.05, 3.63) is 46.4 Å². The van der Waals surface area contributed by atoms with Crippen molar-refractivity contribution < 1.29 is 4.74 Å². The average Bonchev–Trinajstić information content (AvgIpc) is 2.79. The molecule has 5 nitrogen and oxygen atoms in total. The van der Waals surface area contributed by atoms with Gasteiger partial charge in [-0.15, -0.1) is 0 Å². The van der Waals surface area contributed by atoms with Gasteiger partial charge in [0.05, 0.1) is 12.3 Å². The Morgan fingerprint density at radius 3 is 2.69 bits per heavy atom. The number of nitriles is 1. The molecule has 0 aromatic heterocycles. The zero-order valence-electron chi connectivity index (χ0n) is 16.8. The molecule has 0 radical (unpaired) electrons. The molecule has 1 N–H and O–H groups in total. The Morgan fingerprint density at radius 2 is 2.12 bits per heavy atom. The molecule has 142 valence electrons. The Hall–Kier alpha value is -2.48. The predicted octanol–water partition coefficient (Wildman–Crippen LogP) is 4.23. The zero-order valence-corrected chi connectivity index (χ0v) is 16.8. The molecular formula is C21H32N4O. The van der Waals surface area contributed by atoms with Crippen LogP contribution in [-0.4, -0.2) is 50.3 Å². The van der Waals surface area contributed by atoms with Gasteiger partial charge < -0.3 is 19.9 Å². The molecule has 0 saturated carbocycles. The van der Waals surface area contributed by atoms with Crippen LogP contribution in [-0.2, 0) is 4.74 Å². The van der Waals surface area contributed by atoms with Gasteiger partial charge in [0, 0.05) is 39.5 Å². The fourth-order valence-corrected chi connectivity index (χ4v) is 2.89. The lowest BCUT2D eigenvalue weighted by Gasteiger charge is -2.24. The van der Waals surface area contributed by atoms with Crippen molar-refractivity contribution in [2.24, 2.45) is 0 Å². The average molecular weight is 357 g/mol. The van der Waals surface area contributed by atoms with Crippen LogP contribution in [0.25, 0.3) is 0 Å². The largest absolute Gasteiger partial charge is 0.493 e. The Morgan fingerprint density at radius 1 is 1.38 bits per heavy atom. The smallest absolute Gasteiger partial charge is 0.179 e. The Labute approximate surface area is 158 Å². The van der Waals surface area contributed by atoms with Crippen molar-refractivity contribution in [3.63, 3.8) is 0 Å². The van der Waals surface area contributed by atoms with Crippen molar-refractivity contribution in [3.8, 4) is 6.19 Å². The van der Waals surface area contributed by atoms with Crippen LogP contribution in [0.3, 0.4) is 0 Å². The van der Waals surface area contributed by atoms with Gasteiger partial charge in [-0.3, -0.25) is 0 Å². The van der Waals surface area contributed by atoms with Gasteiger partial charge in [-0.1, -0.05) is 25.0 Å². The van der Waals surface area contributed by atoms with Gasteiger partial charge >= 0.3 is 0 Å². The fraction of sp³-hybridized carbons (Fsp3) is 0.524. The molecular weight excluding hydrogens is 324 g/mol. The van der Waals surface area contributed by atoms with Crippen LogP contribution in [0, 0.1) is 16.9 Å². The summed E-state index contributed by atoms with van der Waals surface area (Å²) in [6.07, 6.45) is 13.4. The normalized spacial score (nSPS) is 14.8. The molecule has 5 heteroatoms. The molecule has 0 unspecified atom stereocenters. The van der Waals surface area contributed by atoms with Crippen molar-refractivity contribution >= 4 is 6.21 Å². The van der Waals surface area contributed by atoms with Gasteiger partial charge in [-0.25, -0.2) is 0 Å². The number of nitrogens with zero attached hydrogens (tertiary/aromatic N) is 3. The lowest BCUT2D eigenvalue weighted by Crippen LogP contribution is -2.18. The third kappa shape index (κ3) is 6.44. The molecule has 0 aromatic rings. The number of ether oxygens (including phenoxy) is 1. The minimum atomic E-state index is 0.552. The van der Waals surface area contributed by atoms with Crippen LogP contribution in [0.4, 0.5) is 0 Å². The number of rotatable bonds is 10. The van der Waals surface area contributed by atoms with E-state index in [1.807, 2.05) is 20.2 Å². The second-order valence-corrected chi connectivity index (χ2v) is 6.76. The van der Waals surface area contributed by atoms with Crippen molar-refractivity contribution in [1.82, 2.24) is 9.80 Å². The van der Waals surface area contributed by atoms with Crippen molar-refractivity contribution in [2.45, 2.75) is 39.5 Å². The molecule has 1 aliphatic rings. The molecule has 0 fully saturated rings. The summed E-state index contributed by atoms with van der Waals surface area (Å²) in [4.78, 5) is 3.67. The van der Waals surface area contributed by atoms with E-state index in [1.165, 1.54) is 11.8 Å². The van der Waals surface area contributed by atoms with Crippen LogP contribution < -0.4 is 0 Å². The Balaban J connectivity index is 3.23.